The molecule has 1 heterocycles. The molecule has 102 valence electrons. The van der Waals surface area contributed by atoms with Crippen LogP contribution in [0.4, 0.5) is 0 Å². The van der Waals surface area contributed by atoms with Crippen molar-refractivity contribution in [2.45, 2.75) is 19.5 Å². The lowest BCUT2D eigenvalue weighted by Crippen LogP contribution is -2.48. The molecule has 2 rings (SSSR count). The van der Waals surface area contributed by atoms with Gasteiger partial charge < -0.3 is 10.1 Å². The molecular weight excluding hydrogens is 271 g/mol. The Hall–Kier alpha value is -0.480. The largest absolute Gasteiger partial charge is 0.495 e. The first-order valence-electron chi connectivity index (χ1n) is 5.97. The highest BCUT2D eigenvalue weighted by molar-refractivity contribution is 6.32. The third-order valence-electron chi connectivity index (χ3n) is 3.08. The monoisotopic (exact) mass is 290 g/mol. The number of methoxy groups -OCH3 is 1. The highest BCUT2D eigenvalue weighted by atomic mass is 35.5. The van der Waals surface area contributed by atoms with E-state index in [0.29, 0.717) is 11.1 Å². The maximum atomic E-state index is 6.12. The number of nitrogens with one attached hydrogen (secondary N) is 1. The Morgan fingerprint density at radius 1 is 1.50 bits per heavy atom. The summed E-state index contributed by atoms with van der Waals surface area (Å²) in [5, 5.41) is 4.13. The molecule has 0 radical (unpaired) electrons. The average molecular weight is 291 g/mol. The maximum absolute atomic E-state index is 6.12. The van der Waals surface area contributed by atoms with Crippen LogP contribution in [0.3, 0.4) is 0 Å². The van der Waals surface area contributed by atoms with E-state index in [1.807, 2.05) is 12.1 Å². The third kappa shape index (κ3) is 4.02. The lowest BCUT2D eigenvalue weighted by Gasteiger charge is -2.31. The Morgan fingerprint density at radius 3 is 2.89 bits per heavy atom. The highest BCUT2D eigenvalue weighted by Gasteiger charge is 2.15. The van der Waals surface area contributed by atoms with Crippen LogP contribution in [0.2, 0.25) is 5.02 Å². The Kier molecular flexibility index (Phi) is 6.22. The molecular formula is C13H20Cl2N2O. The Labute approximate surface area is 120 Å². The minimum atomic E-state index is 0. The van der Waals surface area contributed by atoms with Gasteiger partial charge in [-0.25, -0.2) is 0 Å². The van der Waals surface area contributed by atoms with E-state index in [1.54, 1.807) is 7.11 Å². The van der Waals surface area contributed by atoms with Crippen molar-refractivity contribution in [2.24, 2.45) is 0 Å². The zero-order valence-corrected chi connectivity index (χ0v) is 12.4. The molecule has 3 nitrogen and oxygen atoms in total. The van der Waals surface area contributed by atoms with Gasteiger partial charge in [-0.05, 0) is 24.6 Å². The molecule has 1 N–H and O–H groups in total. The van der Waals surface area contributed by atoms with Crippen LogP contribution in [0.25, 0.3) is 0 Å². The van der Waals surface area contributed by atoms with Crippen molar-refractivity contribution < 1.29 is 4.74 Å². The van der Waals surface area contributed by atoms with E-state index in [0.717, 1.165) is 31.9 Å². The molecule has 1 aromatic rings. The molecule has 1 unspecified atom stereocenters. The second-order valence-electron chi connectivity index (χ2n) is 4.56. The molecule has 1 fully saturated rings. The molecule has 1 atom stereocenters. The molecule has 0 aromatic heterocycles. The fourth-order valence-corrected chi connectivity index (χ4v) is 2.50. The van der Waals surface area contributed by atoms with Gasteiger partial charge in [0.15, 0.2) is 0 Å². The van der Waals surface area contributed by atoms with E-state index in [9.17, 15) is 0 Å². The number of piperazine rings is 1. The van der Waals surface area contributed by atoms with E-state index in [-0.39, 0.29) is 12.4 Å². The molecule has 0 spiro atoms. The van der Waals surface area contributed by atoms with Crippen molar-refractivity contribution >= 4 is 24.0 Å². The number of hydrogen-bond donors (Lipinski definition) is 1. The van der Waals surface area contributed by atoms with Gasteiger partial charge in [0.1, 0.15) is 5.75 Å². The van der Waals surface area contributed by atoms with Crippen molar-refractivity contribution in [3.8, 4) is 5.75 Å². The fraction of sp³-hybridized carbons (Fsp3) is 0.538. The van der Waals surface area contributed by atoms with E-state index in [4.69, 9.17) is 16.3 Å². The first-order valence-corrected chi connectivity index (χ1v) is 6.35. The third-order valence-corrected chi connectivity index (χ3v) is 3.37. The van der Waals surface area contributed by atoms with Crippen molar-refractivity contribution in [3.05, 3.63) is 28.8 Å². The standard InChI is InChI=1S/C13H19ClN2O.ClH/c1-10-8-16(6-5-15-10)9-11-3-4-13(17-2)12(14)7-11;/h3-4,7,10,15H,5-6,8-9H2,1-2H3;1H. The van der Waals surface area contributed by atoms with Gasteiger partial charge in [0, 0.05) is 32.2 Å². The molecule has 1 aromatic carbocycles. The first kappa shape index (κ1) is 15.6. The predicted molar refractivity (Wildman–Crippen MR) is 78.0 cm³/mol. The van der Waals surface area contributed by atoms with E-state index < -0.39 is 0 Å². The van der Waals surface area contributed by atoms with Crippen LogP contribution in [0.5, 0.6) is 5.75 Å². The quantitative estimate of drug-likeness (QED) is 0.926. The van der Waals surface area contributed by atoms with Crippen molar-refractivity contribution in [3.63, 3.8) is 0 Å². The summed E-state index contributed by atoms with van der Waals surface area (Å²) in [6.45, 7) is 6.41. The number of ether oxygens (including phenoxy) is 1. The molecule has 0 aliphatic carbocycles. The first-order chi connectivity index (χ1) is 8.19. The summed E-state index contributed by atoms with van der Waals surface area (Å²) in [5.74, 6) is 0.740. The van der Waals surface area contributed by atoms with Crippen molar-refractivity contribution in [1.82, 2.24) is 10.2 Å². The van der Waals surface area contributed by atoms with Crippen LogP contribution in [-0.4, -0.2) is 37.7 Å². The number of hydrogen-bond acceptors (Lipinski definition) is 3. The summed E-state index contributed by atoms with van der Waals surface area (Å²) in [5.41, 5.74) is 1.24. The van der Waals surface area contributed by atoms with Crippen molar-refractivity contribution in [1.29, 1.82) is 0 Å². The van der Waals surface area contributed by atoms with Gasteiger partial charge in [0.2, 0.25) is 0 Å². The van der Waals surface area contributed by atoms with Crippen LogP contribution in [0, 0.1) is 0 Å². The highest BCUT2D eigenvalue weighted by Crippen LogP contribution is 2.25. The van der Waals surface area contributed by atoms with E-state index in [2.05, 4.69) is 23.2 Å². The van der Waals surface area contributed by atoms with Gasteiger partial charge in [-0.2, -0.15) is 0 Å². The topological polar surface area (TPSA) is 24.5 Å². The lowest BCUT2D eigenvalue weighted by molar-refractivity contribution is 0.199. The predicted octanol–water partition coefficient (Wildman–Crippen LogP) is 2.56. The zero-order valence-electron chi connectivity index (χ0n) is 10.8. The molecule has 0 amide bonds. The number of halogens is 2. The van der Waals surface area contributed by atoms with Crippen LogP contribution in [0.1, 0.15) is 12.5 Å². The molecule has 0 bridgehead atoms. The summed E-state index contributed by atoms with van der Waals surface area (Å²) >= 11 is 6.12. The van der Waals surface area contributed by atoms with Gasteiger partial charge in [-0.15, -0.1) is 12.4 Å². The van der Waals surface area contributed by atoms with Gasteiger partial charge in [0.05, 0.1) is 12.1 Å². The van der Waals surface area contributed by atoms with Gasteiger partial charge in [-0.1, -0.05) is 17.7 Å². The van der Waals surface area contributed by atoms with Crippen LogP contribution >= 0.6 is 24.0 Å². The van der Waals surface area contributed by atoms with E-state index >= 15 is 0 Å². The van der Waals surface area contributed by atoms with Gasteiger partial charge in [-0.3, -0.25) is 4.90 Å². The molecule has 18 heavy (non-hydrogen) atoms. The molecule has 5 heteroatoms. The van der Waals surface area contributed by atoms with Crippen LogP contribution in [0.15, 0.2) is 18.2 Å². The maximum Gasteiger partial charge on any atom is 0.137 e. The number of nitrogens with zero attached hydrogens (tertiary/aromatic N) is 1. The normalized spacial score (nSPS) is 20.3. The van der Waals surface area contributed by atoms with Gasteiger partial charge in [0.25, 0.3) is 0 Å². The Bertz CT molecular complexity index is 387. The molecule has 1 aliphatic heterocycles. The Morgan fingerprint density at radius 2 is 2.28 bits per heavy atom. The smallest absolute Gasteiger partial charge is 0.137 e. The lowest BCUT2D eigenvalue weighted by atomic mass is 10.1. The summed E-state index contributed by atoms with van der Waals surface area (Å²) in [4.78, 5) is 2.44. The second kappa shape index (κ2) is 7.19. The van der Waals surface area contributed by atoms with Crippen LogP contribution < -0.4 is 10.1 Å². The van der Waals surface area contributed by atoms with Crippen molar-refractivity contribution in [2.75, 3.05) is 26.7 Å². The second-order valence-corrected chi connectivity index (χ2v) is 4.97. The number of rotatable bonds is 3. The molecule has 1 aliphatic rings. The fourth-order valence-electron chi connectivity index (χ4n) is 2.22. The minimum absolute atomic E-state index is 0. The summed E-state index contributed by atoms with van der Waals surface area (Å²) in [7, 11) is 1.64. The number of benzene rings is 1. The summed E-state index contributed by atoms with van der Waals surface area (Å²) in [6, 6.07) is 6.57. The SMILES string of the molecule is COc1ccc(CN2CCNC(C)C2)cc1Cl.Cl. The van der Waals surface area contributed by atoms with Gasteiger partial charge >= 0.3 is 0 Å². The Balaban J connectivity index is 0.00000162. The summed E-state index contributed by atoms with van der Waals surface area (Å²) < 4.78 is 5.15. The van der Waals surface area contributed by atoms with Crippen LogP contribution in [-0.2, 0) is 6.54 Å². The minimum Gasteiger partial charge on any atom is -0.495 e. The summed E-state index contributed by atoms with van der Waals surface area (Å²) in [6.07, 6.45) is 0. The zero-order chi connectivity index (χ0) is 12.3. The van der Waals surface area contributed by atoms with E-state index in [1.165, 1.54) is 5.56 Å². The molecule has 0 saturated carbocycles. The molecule has 1 saturated heterocycles. The average Bonchev–Trinajstić information content (AvgIpc) is 2.29.